The van der Waals surface area contributed by atoms with Crippen LogP contribution in [0.15, 0.2) is 54.6 Å². The first-order valence-electron chi connectivity index (χ1n) is 9.08. The SMILES string of the molecule is CC(C)COc1cccc2c1NC(c1ccc(Cl)cc1)C1CC=CC21. The van der Waals surface area contributed by atoms with Gasteiger partial charge in [0.25, 0.3) is 0 Å². The highest BCUT2D eigenvalue weighted by atomic mass is 35.5. The molecule has 1 aliphatic heterocycles. The molecule has 0 radical (unpaired) electrons. The second kappa shape index (κ2) is 6.76. The molecule has 0 saturated carbocycles. The average Bonchev–Trinajstić information content (AvgIpc) is 3.10. The van der Waals surface area contributed by atoms with Crippen LogP contribution in [0, 0.1) is 11.8 Å². The summed E-state index contributed by atoms with van der Waals surface area (Å²) in [5.74, 6) is 2.45. The smallest absolute Gasteiger partial charge is 0.142 e. The van der Waals surface area contributed by atoms with E-state index in [9.17, 15) is 0 Å². The van der Waals surface area contributed by atoms with Crippen LogP contribution in [0.25, 0.3) is 0 Å². The number of hydrogen-bond acceptors (Lipinski definition) is 2. The maximum absolute atomic E-state index is 6.11. The van der Waals surface area contributed by atoms with Crippen molar-refractivity contribution in [2.45, 2.75) is 32.2 Å². The second-order valence-corrected chi connectivity index (χ2v) is 7.89. The lowest BCUT2D eigenvalue weighted by Gasteiger charge is -2.38. The molecule has 2 aromatic carbocycles. The molecule has 2 aliphatic rings. The number of allylic oxidation sites excluding steroid dienone is 2. The zero-order valence-electron chi connectivity index (χ0n) is 14.7. The molecule has 3 heteroatoms. The zero-order chi connectivity index (χ0) is 17.4. The van der Waals surface area contributed by atoms with Gasteiger partial charge in [0.1, 0.15) is 5.75 Å². The van der Waals surface area contributed by atoms with Gasteiger partial charge in [0, 0.05) is 10.9 Å². The molecule has 130 valence electrons. The van der Waals surface area contributed by atoms with Crippen molar-refractivity contribution >= 4 is 17.3 Å². The van der Waals surface area contributed by atoms with E-state index < -0.39 is 0 Å². The van der Waals surface area contributed by atoms with Crippen LogP contribution in [0.3, 0.4) is 0 Å². The summed E-state index contributed by atoms with van der Waals surface area (Å²) in [6.07, 6.45) is 5.78. The van der Waals surface area contributed by atoms with Crippen LogP contribution < -0.4 is 10.1 Å². The number of nitrogens with one attached hydrogen (secondary N) is 1. The van der Waals surface area contributed by atoms with Gasteiger partial charge in [0.2, 0.25) is 0 Å². The van der Waals surface area contributed by atoms with E-state index in [2.05, 4.69) is 61.6 Å². The van der Waals surface area contributed by atoms with E-state index in [1.165, 1.54) is 11.1 Å². The molecule has 2 aromatic rings. The van der Waals surface area contributed by atoms with E-state index in [1.807, 2.05) is 12.1 Å². The van der Waals surface area contributed by atoms with Crippen LogP contribution >= 0.6 is 11.6 Å². The summed E-state index contributed by atoms with van der Waals surface area (Å²) in [7, 11) is 0. The van der Waals surface area contributed by atoms with Gasteiger partial charge in [-0.25, -0.2) is 0 Å². The summed E-state index contributed by atoms with van der Waals surface area (Å²) in [4.78, 5) is 0. The summed E-state index contributed by atoms with van der Waals surface area (Å²) in [6.45, 7) is 5.08. The standard InChI is InChI=1S/C22H24ClNO/c1-14(2)13-25-20-8-4-7-19-17-5-3-6-18(17)21(24-22(19)20)15-9-11-16(23)12-10-15/h3-5,7-12,14,17-18,21,24H,6,13H2,1-2H3. The lowest BCUT2D eigenvalue weighted by molar-refractivity contribution is 0.270. The topological polar surface area (TPSA) is 21.3 Å². The van der Waals surface area contributed by atoms with Gasteiger partial charge in [-0.2, -0.15) is 0 Å². The first kappa shape index (κ1) is 16.5. The van der Waals surface area contributed by atoms with Crippen molar-refractivity contribution in [3.05, 3.63) is 70.8 Å². The van der Waals surface area contributed by atoms with Crippen molar-refractivity contribution in [1.29, 1.82) is 0 Å². The molecule has 0 aromatic heterocycles. The monoisotopic (exact) mass is 353 g/mol. The van der Waals surface area contributed by atoms with Crippen molar-refractivity contribution in [3.8, 4) is 5.75 Å². The fourth-order valence-electron chi connectivity index (χ4n) is 3.97. The number of anilines is 1. The van der Waals surface area contributed by atoms with Crippen molar-refractivity contribution in [3.63, 3.8) is 0 Å². The third-order valence-electron chi connectivity index (χ3n) is 5.16. The van der Waals surface area contributed by atoms with E-state index in [4.69, 9.17) is 16.3 Å². The molecule has 3 atom stereocenters. The Hall–Kier alpha value is -1.93. The first-order valence-corrected chi connectivity index (χ1v) is 9.45. The van der Waals surface area contributed by atoms with Crippen LogP contribution in [0.5, 0.6) is 5.75 Å². The normalized spacial score (nSPS) is 23.9. The molecule has 0 saturated heterocycles. The Morgan fingerprint density at radius 2 is 1.96 bits per heavy atom. The summed E-state index contributed by atoms with van der Waals surface area (Å²) >= 11 is 6.09. The van der Waals surface area contributed by atoms with E-state index in [-0.39, 0.29) is 6.04 Å². The summed E-state index contributed by atoms with van der Waals surface area (Å²) < 4.78 is 6.11. The van der Waals surface area contributed by atoms with Crippen molar-refractivity contribution in [2.75, 3.05) is 11.9 Å². The van der Waals surface area contributed by atoms with Gasteiger partial charge in [-0.3, -0.25) is 0 Å². The predicted octanol–water partition coefficient (Wildman–Crippen LogP) is 6.20. The van der Waals surface area contributed by atoms with E-state index in [0.717, 1.165) is 29.5 Å². The molecule has 1 N–H and O–H groups in total. The Bertz CT molecular complexity index is 781. The zero-order valence-corrected chi connectivity index (χ0v) is 15.5. The maximum Gasteiger partial charge on any atom is 0.142 e. The minimum Gasteiger partial charge on any atom is -0.491 e. The lowest BCUT2D eigenvalue weighted by Crippen LogP contribution is -2.29. The fraction of sp³-hybridized carbons (Fsp3) is 0.364. The Balaban J connectivity index is 1.72. The predicted molar refractivity (Wildman–Crippen MR) is 105 cm³/mol. The van der Waals surface area contributed by atoms with Gasteiger partial charge in [-0.05, 0) is 47.6 Å². The molecule has 1 heterocycles. The van der Waals surface area contributed by atoms with Crippen LogP contribution in [0.2, 0.25) is 5.02 Å². The van der Waals surface area contributed by atoms with Crippen molar-refractivity contribution in [2.24, 2.45) is 11.8 Å². The second-order valence-electron chi connectivity index (χ2n) is 7.45. The van der Waals surface area contributed by atoms with Crippen molar-refractivity contribution in [1.82, 2.24) is 0 Å². The van der Waals surface area contributed by atoms with Crippen LogP contribution in [0.4, 0.5) is 5.69 Å². The molecule has 0 fully saturated rings. The summed E-state index contributed by atoms with van der Waals surface area (Å²) in [5, 5.41) is 4.57. The molecule has 2 nitrogen and oxygen atoms in total. The summed E-state index contributed by atoms with van der Waals surface area (Å²) in [5.41, 5.74) is 3.79. The Morgan fingerprint density at radius 1 is 1.16 bits per heavy atom. The fourth-order valence-corrected chi connectivity index (χ4v) is 4.10. The molecule has 25 heavy (non-hydrogen) atoms. The number of ether oxygens (including phenoxy) is 1. The molecule has 3 unspecified atom stereocenters. The van der Waals surface area contributed by atoms with Gasteiger partial charge < -0.3 is 10.1 Å². The lowest BCUT2D eigenvalue weighted by atomic mass is 9.77. The highest BCUT2D eigenvalue weighted by Crippen LogP contribution is 2.52. The van der Waals surface area contributed by atoms with E-state index in [1.54, 1.807) is 0 Å². The summed E-state index contributed by atoms with van der Waals surface area (Å²) in [6, 6.07) is 14.9. The Morgan fingerprint density at radius 3 is 2.72 bits per heavy atom. The van der Waals surface area contributed by atoms with Gasteiger partial charge >= 0.3 is 0 Å². The number of para-hydroxylation sites is 1. The quantitative estimate of drug-likeness (QED) is 0.660. The number of benzene rings is 2. The highest BCUT2D eigenvalue weighted by molar-refractivity contribution is 6.30. The largest absolute Gasteiger partial charge is 0.491 e. The van der Waals surface area contributed by atoms with Gasteiger partial charge in [-0.15, -0.1) is 0 Å². The van der Waals surface area contributed by atoms with Crippen LogP contribution in [-0.2, 0) is 0 Å². The average molecular weight is 354 g/mol. The Kier molecular flexibility index (Phi) is 4.47. The molecule has 0 spiro atoms. The molecular formula is C22H24ClNO. The van der Waals surface area contributed by atoms with Crippen LogP contribution in [0.1, 0.15) is 43.4 Å². The molecule has 0 amide bonds. The first-order chi connectivity index (χ1) is 12.1. The number of halogens is 1. The third kappa shape index (κ3) is 3.16. The van der Waals surface area contributed by atoms with Crippen molar-refractivity contribution < 1.29 is 4.74 Å². The number of rotatable bonds is 4. The third-order valence-corrected chi connectivity index (χ3v) is 5.41. The number of hydrogen-bond donors (Lipinski definition) is 1. The van der Waals surface area contributed by atoms with E-state index >= 15 is 0 Å². The highest BCUT2D eigenvalue weighted by Gasteiger charge is 2.38. The minimum absolute atomic E-state index is 0.272. The van der Waals surface area contributed by atoms with Gasteiger partial charge in [0.15, 0.2) is 0 Å². The van der Waals surface area contributed by atoms with Gasteiger partial charge in [0.05, 0.1) is 18.3 Å². The van der Waals surface area contributed by atoms with Crippen LogP contribution in [-0.4, -0.2) is 6.61 Å². The number of fused-ring (bicyclic) bond motifs is 3. The maximum atomic E-state index is 6.11. The van der Waals surface area contributed by atoms with Gasteiger partial charge in [-0.1, -0.05) is 61.9 Å². The Labute approximate surface area is 154 Å². The minimum atomic E-state index is 0.272. The molecule has 4 rings (SSSR count). The molecule has 0 bridgehead atoms. The van der Waals surface area contributed by atoms with E-state index in [0.29, 0.717) is 17.8 Å². The molecular weight excluding hydrogens is 330 g/mol. The molecule has 1 aliphatic carbocycles.